The van der Waals surface area contributed by atoms with Gasteiger partial charge in [0.15, 0.2) is 0 Å². The summed E-state index contributed by atoms with van der Waals surface area (Å²) in [4.78, 5) is 0. The van der Waals surface area contributed by atoms with Crippen LogP contribution >= 0.6 is 0 Å². The molecule has 0 spiro atoms. The molecule has 1 rings (SSSR count). The monoisotopic (exact) mass is 147 g/mol. The Bertz CT molecular complexity index is 120. The quantitative estimate of drug-likeness (QED) is 0.347. The van der Waals surface area contributed by atoms with E-state index in [4.69, 9.17) is 21.1 Å². The van der Waals surface area contributed by atoms with Crippen molar-refractivity contribution in [2.75, 3.05) is 6.61 Å². The van der Waals surface area contributed by atoms with Gasteiger partial charge < -0.3 is 21.1 Å². The molecule has 4 heteroatoms. The molecule has 0 radical (unpaired) electrons. The smallest absolute Gasteiger partial charge is 0.0953 e. The second-order valence-electron chi connectivity index (χ2n) is 2.82. The van der Waals surface area contributed by atoms with Gasteiger partial charge in [-0.05, 0) is 6.42 Å². The van der Waals surface area contributed by atoms with Crippen LogP contribution in [0.4, 0.5) is 0 Å². The summed E-state index contributed by atoms with van der Waals surface area (Å²) in [5, 5.41) is 26.9. The Morgan fingerprint density at radius 1 is 1.30 bits per heavy atom. The van der Waals surface area contributed by atoms with E-state index in [1.807, 2.05) is 0 Å². The Morgan fingerprint density at radius 2 is 1.90 bits per heavy atom. The van der Waals surface area contributed by atoms with Crippen LogP contribution in [0.25, 0.3) is 0 Å². The average molecular weight is 147 g/mol. The zero-order chi connectivity index (χ0) is 7.72. The normalized spacial score (nSPS) is 48.0. The third kappa shape index (κ3) is 1.15. The Labute approximate surface area is 59.3 Å². The Balaban J connectivity index is 2.53. The van der Waals surface area contributed by atoms with Gasteiger partial charge in [0.25, 0.3) is 0 Å². The molecule has 4 nitrogen and oxygen atoms in total. The molecule has 1 saturated carbocycles. The zero-order valence-corrected chi connectivity index (χ0v) is 5.64. The second kappa shape index (κ2) is 2.84. The molecule has 0 heterocycles. The summed E-state index contributed by atoms with van der Waals surface area (Å²) in [5.74, 6) is -0.245. The van der Waals surface area contributed by atoms with Gasteiger partial charge in [0.2, 0.25) is 0 Å². The maximum Gasteiger partial charge on any atom is 0.0953 e. The molecule has 4 atom stereocenters. The molecule has 1 aliphatic rings. The van der Waals surface area contributed by atoms with Crippen molar-refractivity contribution >= 4 is 0 Å². The Morgan fingerprint density at radius 3 is 2.10 bits per heavy atom. The highest BCUT2D eigenvalue weighted by Crippen LogP contribution is 2.24. The fourth-order valence-corrected chi connectivity index (χ4v) is 1.34. The number of rotatable bonds is 1. The number of aliphatic hydroxyl groups is 3. The molecule has 10 heavy (non-hydrogen) atoms. The van der Waals surface area contributed by atoms with Crippen LogP contribution in [-0.2, 0) is 0 Å². The molecule has 0 bridgehead atoms. The van der Waals surface area contributed by atoms with Gasteiger partial charge in [-0.2, -0.15) is 0 Å². The van der Waals surface area contributed by atoms with Gasteiger partial charge in [-0.25, -0.2) is 0 Å². The molecule has 4 unspecified atom stereocenters. The first kappa shape index (κ1) is 7.94. The van der Waals surface area contributed by atoms with Crippen LogP contribution in [0.5, 0.6) is 0 Å². The molecule has 0 aromatic rings. The van der Waals surface area contributed by atoms with Crippen molar-refractivity contribution < 1.29 is 15.3 Å². The van der Waals surface area contributed by atoms with Crippen LogP contribution < -0.4 is 5.73 Å². The van der Waals surface area contributed by atoms with Gasteiger partial charge in [-0.3, -0.25) is 0 Å². The van der Waals surface area contributed by atoms with Crippen molar-refractivity contribution in [3.63, 3.8) is 0 Å². The minimum Gasteiger partial charge on any atom is -0.396 e. The van der Waals surface area contributed by atoms with Crippen molar-refractivity contribution in [3.8, 4) is 0 Å². The van der Waals surface area contributed by atoms with Crippen molar-refractivity contribution in [3.05, 3.63) is 0 Å². The highest BCUT2D eigenvalue weighted by atomic mass is 16.3. The molecular formula is C6H13NO3. The lowest BCUT2D eigenvalue weighted by Gasteiger charge is -2.13. The summed E-state index contributed by atoms with van der Waals surface area (Å²) in [6.45, 7) is -0.105. The lowest BCUT2D eigenvalue weighted by atomic mass is 10.1. The van der Waals surface area contributed by atoms with Crippen LogP contribution in [0, 0.1) is 5.92 Å². The predicted molar refractivity (Wildman–Crippen MR) is 35.2 cm³/mol. The molecule has 0 amide bonds. The van der Waals surface area contributed by atoms with Crippen LogP contribution in [0.2, 0.25) is 0 Å². The second-order valence-corrected chi connectivity index (χ2v) is 2.82. The van der Waals surface area contributed by atoms with Crippen LogP contribution in [0.15, 0.2) is 0 Å². The van der Waals surface area contributed by atoms with Crippen molar-refractivity contribution in [2.24, 2.45) is 11.7 Å². The van der Waals surface area contributed by atoms with E-state index >= 15 is 0 Å². The molecule has 0 aromatic heterocycles. The van der Waals surface area contributed by atoms with Gasteiger partial charge in [0.05, 0.1) is 12.2 Å². The fourth-order valence-electron chi connectivity index (χ4n) is 1.34. The molecular weight excluding hydrogens is 134 g/mol. The lowest BCUT2D eigenvalue weighted by molar-refractivity contribution is 0.00300. The van der Waals surface area contributed by atoms with Crippen molar-refractivity contribution in [1.82, 2.24) is 0 Å². The third-order valence-corrected chi connectivity index (χ3v) is 2.08. The van der Waals surface area contributed by atoms with E-state index in [9.17, 15) is 0 Å². The minimum absolute atomic E-state index is 0.105. The Kier molecular flexibility index (Phi) is 2.25. The van der Waals surface area contributed by atoms with Crippen LogP contribution in [0.1, 0.15) is 6.42 Å². The molecule has 5 N–H and O–H groups in total. The standard InChI is InChI=1S/C6H13NO3/c7-4-1-3(2-8)5(9)6(4)10/h3-6,8-10H,1-2,7H2. The summed E-state index contributed by atoms with van der Waals surface area (Å²) in [6, 6.07) is -0.382. The van der Waals surface area contributed by atoms with E-state index in [0.29, 0.717) is 6.42 Å². The molecule has 0 aliphatic heterocycles. The van der Waals surface area contributed by atoms with E-state index in [0.717, 1.165) is 0 Å². The van der Waals surface area contributed by atoms with Crippen molar-refractivity contribution in [2.45, 2.75) is 24.7 Å². The highest BCUT2D eigenvalue weighted by Gasteiger charge is 2.38. The highest BCUT2D eigenvalue weighted by molar-refractivity contribution is 4.92. The van der Waals surface area contributed by atoms with E-state index in [1.165, 1.54) is 0 Å². The summed E-state index contributed by atoms with van der Waals surface area (Å²) in [6.07, 6.45) is -1.21. The summed E-state index contributed by atoms with van der Waals surface area (Å²) in [5.41, 5.74) is 5.41. The number of hydrogen-bond donors (Lipinski definition) is 4. The van der Waals surface area contributed by atoms with Crippen LogP contribution in [-0.4, -0.2) is 40.2 Å². The average Bonchev–Trinajstić information content (AvgIpc) is 2.17. The van der Waals surface area contributed by atoms with Gasteiger partial charge in [0.1, 0.15) is 0 Å². The number of aliphatic hydroxyl groups excluding tert-OH is 3. The van der Waals surface area contributed by atoms with E-state index in [-0.39, 0.29) is 18.6 Å². The number of hydrogen-bond acceptors (Lipinski definition) is 4. The third-order valence-electron chi connectivity index (χ3n) is 2.08. The van der Waals surface area contributed by atoms with E-state index < -0.39 is 12.2 Å². The number of nitrogens with two attached hydrogens (primary N) is 1. The first-order chi connectivity index (χ1) is 4.66. The molecule has 0 aromatic carbocycles. The molecule has 1 fully saturated rings. The van der Waals surface area contributed by atoms with Gasteiger partial charge >= 0.3 is 0 Å². The minimum atomic E-state index is -0.864. The SMILES string of the molecule is NC1CC(CO)C(O)C1O. The molecule has 60 valence electrons. The Hall–Kier alpha value is -0.160. The first-order valence-corrected chi connectivity index (χ1v) is 3.39. The van der Waals surface area contributed by atoms with Gasteiger partial charge in [0, 0.05) is 18.6 Å². The topological polar surface area (TPSA) is 86.7 Å². The predicted octanol–water partition coefficient (Wildman–Crippen LogP) is -1.95. The van der Waals surface area contributed by atoms with E-state index in [2.05, 4.69) is 0 Å². The zero-order valence-electron chi connectivity index (χ0n) is 5.64. The van der Waals surface area contributed by atoms with Gasteiger partial charge in [-0.15, -0.1) is 0 Å². The van der Waals surface area contributed by atoms with Gasteiger partial charge in [-0.1, -0.05) is 0 Å². The largest absolute Gasteiger partial charge is 0.396 e. The lowest BCUT2D eigenvalue weighted by Crippen LogP contribution is -2.35. The fraction of sp³-hybridized carbons (Fsp3) is 1.00. The summed E-state index contributed by atoms with van der Waals surface area (Å²) in [7, 11) is 0. The van der Waals surface area contributed by atoms with Crippen molar-refractivity contribution in [1.29, 1.82) is 0 Å². The van der Waals surface area contributed by atoms with E-state index in [1.54, 1.807) is 0 Å². The first-order valence-electron chi connectivity index (χ1n) is 3.39. The maximum absolute atomic E-state index is 9.14. The molecule has 1 aliphatic carbocycles. The summed E-state index contributed by atoms with van der Waals surface area (Å²) < 4.78 is 0. The van der Waals surface area contributed by atoms with Crippen LogP contribution in [0.3, 0.4) is 0 Å². The molecule has 0 saturated heterocycles. The maximum atomic E-state index is 9.14. The summed E-state index contributed by atoms with van der Waals surface area (Å²) >= 11 is 0.